The first-order valence-corrected chi connectivity index (χ1v) is 8.51. The van der Waals surface area contributed by atoms with Crippen molar-refractivity contribution in [1.82, 2.24) is 4.98 Å². The minimum atomic E-state index is -3.64. The number of aromatic nitrogens is 1. The first-order valence-electron chi connectivity index (χ1n) is 7.02. The molecule has 0 spiro atoms. The number of nitrogens with zero attached hydrogens (tertiary/aromatic N) is 1. The molecule has 0 unspecified atom stereocenters. The van der Waals surface area contributed by atoms with E-state index in [9.17, 15) is 8.42 Å². The summed E-state index contributed by atoms with van der Waals surface area (Å²) in [6, 6.07) is 13.9. The van der Waals surface area contributed by atoms with E-state index in [0.717, 1.165) is 22.0 Å². The second kappa shape index (κ2) is 5.45. The molecule has 0 amide bonds. The van der Waals surface area contributed by atoms with Crippen LogP contribution in [0.4, 0.5) is 5.69 Å². The lowest BCUT2D eigenvalue weighted by atomic mass is 10.1. The molecule has 0 fully saturated rings. The van der Waals surface area contributed by atoms with E-state index in [1.165, 1.54) is 0 Å². The summed E-state index contributed by atoms with van der Waals surface area (Å²) in [5.74, 6) is 0. The van der Waals surface area contributed by atoms with Crippen LogP contribution in [0.15, 0.2) is 47.4 Å². The number of sulfonamides is 1. The molecule has 0 radical (unpaired) electrons. The van der Waals surface area contributed by atoms with Crippen LogP contribution < -0.4 is 4.72 Å². The van der Waals surface area contributed by atoms with Crippen molar-refractivity contribution in [3.8, 4) is 6.07 Å². The molecule has 116 valence electrons. The van der Waals surface area contributed by atoms with Gasteiger partial charge in [-0.25, -0.2) is 8.42 Å². The molecule has 0 saturated heterocycles. The molecule has 0 aliphatic carbocycles. The minimum Gasteiger partial charge on any atom is -0.346 e. The van der Waals surface area contributed by atoms with Crippen LogP contribution in [-0.2, 0) is 10.0 Å². The first kappa shape index (κ1) is 15.1. The van der Waals surface area contributed by atoms with Gasteiger partial charge in [-0.3, -0.25) is 4.72 Å². The third-order valence-electron chi connectivity index (χ3n) is 3.75. The van der Waals surface area contributed by atoms with Crippen LogP contribution in [0.2, 0.25) is 0 Å². The molecule has 0 bridgehead atoms. The summed E-state index contributed by atoms with van der Waals surface area (Å²) >= 11 is 0. The van der Waals surface area contributed by atoms with E-state index in [2.05, 4.69) is 15.8 Å². The van der Waals surface area contributed by atoms with E-state index < -0.39 is 10.0 Å². The van der Waals surface area contributed by atoms with E-state index in [-0.39, 0.29) is 4.90 Å². The Kier molecular flexibility index (Phi) is 3.58. The standard InChI is InChI=1S/C17H15N3O2S/c1-11-3-6-14(7-4-11)23(21,22)20-13-5-8-16-15(9-13)12(2)17(10-18)19-16/h3-9,19-20H,1-2H3. The normalized spacial score (nSPS) is 11.3. The van der Waals surface area contributed by atoms with Crippen molar-refractivity contribution in [2.45, 2.75) is 18.7 Å². The molecule has 0 saturated carbocycles. The number of benzene rings is 2. The van der Waals surface area contributed by atoms with Crippen LogP contribution in [-0.4, -0.2) is 13.4 Å². The third kappa shape index (κ3) is 2.79. The quantitative estimate of drug-likeness (QED) is 0.773. The Labute approximate surface area is 134 Å². The summed E-state index contributed by atoms with van der Waals surface area (Å²) in [5, 5.41) is 9.88. The number of aryl methyl sites for hydroxylation is 2. The van der Waals surface area contributed by atoms with Crippen molar-refractivity contribution >= 4 is 26.6 Å². The van der Waals surface area contributed by atoms with Crippen molar-refractivity contribution in [1.29, 1.82) is 5.26 Å². The van der Waals surface area contributed by atoms with Crippen molar-refractivity contribution < 1.29 is 8.42 Å². The molecule has 1 heterocycles. The molecule has 23 heavy (non-hydrogen) atoms. The van der Waals surface area contributed by atoms with E-state index >= 15 is 0 Å². The van der Waals surface area contributed by atoms with Gasteiger partial charge in [0.15, 0.2) is 0 Å². The smallest absolute Gasteiger partial charge is 0.261 e. The Morgan fingerprint density at radius 3 is 2.43 bits per heavy atom. The Balaban J connectivity index is 1.99. The average molecular weight is 325 g/mol. The van der Waals surface area contributed by atoms with Gasteiger partial charge in [0.05, 0.1) is 4.90 Å². The fourth-order valence-electron chi connectivity index (χ4n) is 2.43. The summed E-state index contributed by atoms with van der Waals surface area (Å²) in [5.41, 5.74) is 3.55. The molecular formula is C17H15N3O2S. The molecule has 2 N–H and O–H groups in total. The van der Waals surface area contributed by atoms with Gasteiger partial charge in [-0.15, -0.1) is 0 Å². The van der Waals surface area contributed by atoms with Gasteiger partial charge in [-0.05, 0) is 49.7 Å². The Hall–Kier alpha value is -2.78. The van der Waals surface area contributed by atoms with Gasteiger partial charge in [0.1, 0.15) is 11.8 Å². The lowest BCUT2D eigenvalue weighted by molar-refractivity contribution is 0.601. The van der Waals surface area contributed by atoms with E-state index in [1.807, 2.05) is 13.8 Å². The highest BCUT2D eigenvalue weighted by Crippen LogP contribution is 2.26. The Morgan fingerprint density at radius 2 is 1.78 bits per heavy atom. The number of H-pyrrole nitrogens is 1. The average Bonchev–Trinajstić information content (AvgIpc) is 2.83. The maximum absolute atomic E-state index is 12.4. The second-order valence-corrected chi connectivity index (χ2v) is 7.10. The maximum Gasteiger partial charge on any atom is 0.261 e. The topological polar surface area (TPSA) is 85.8 Å². The minimum absolute atomic E-state index is 0.215. The molecule has 0 aliphatic rings. The van der Waals surface area contributed by atoms with Gasteiger partial charge in [-0.1, -0.05) is 17.7 Å². The van der Waals surface area contributed by atoms with Gasteiger partial charge < -0.3 is 4.98 Å². The highest BCUT2D eigenvalue weighted by molar-refractivity contribution is 7.92. The summed E-state index contributed by atoms with van der Waals surface area (Å²) < 4.78 is 27.4. The number of nitrogens with one attached hydrogen (secondary N) is 2. The van der Waals surface area contributed by atoms with E-state index in [1.54, 1.807) is 42.5 Å². The zero-order valence-electron chi connectivity index (χ0n) is 12.7. The number of anilines is 1. The van der Waals surface area contributed by atoms with Gasteiger partial charge in [0.2, 0.25) is 0 Å². The van der Waals surface area contributed by atoms with Gasteiger partial charge in [0.25, 0.3) is 10.0 Å². The monoisotopic (exact) mass is 325 g/mol. The molecule has 1 aromatic heterocycles. The van der Waals surface area contributed by atoms with Crippen LogP contribution in [0.1, 0.15) is 16.8 Å². The number of nitriles is 1. The van der Waals surface area contributed by atoms with Crippen molar-refractivity contribution in [3.63, 3.8) is 0 Å². The van der Waals surface area contributed by atoms with Gasteiger partial charge >= 0.3 is 0 Å². The molecule has 6 heteroatoms. The lowest BCUT2D eigenvalue weighted by Gasteiger charge is -2.08. The summed E-state index contributed by atoms with van der Waals surface area (Å²) in [7, 11) is -3.64. The first-order chi connectivity index (χ1) is 10.9. The highest BCUT2D eigenvalue weighted by Gasteiger charge is 2.15. The number of aromatic amines is 1. The molecule has 5 nitrogen and oxygen atoms in total. The maximum atomic E-state index is 12.4. The Morgan fingerprint density at radius 1 is 1.09 bits per heavy atom. The van der Waals surface area contributed by atoms with E-state index in [0.29, 0.717) is 11.4 Å². The summed E-state index contributed by atoms with van der Waals surface area (Å²) in [6.07, 6.45) is 0. The molecule has 3 aromatic rings. The Bertz CT molecular complexity index is 1030. The molecule has 2 aromatic carbocycles. The van der Waals surface area contributed by atoms with Crippen molar-refractivity contribution in [2.24, 2.45) is 0 Å². The van der Waals surface area contributed by atoms with Crippen molar-refractivity contribution in [2.75, 3.05) is 4.72 Å². The number of fused-ring (bicyclic) bond motifs is 1. The van der Waals surface area contributed by atoms with Crippen LogP contribution in [0.3, 0.4) is 0 Å². The van der Waals surface area contributed by atoms with Crippen LogP contribution >= 0.6 is 0 Å². The number of hydrogen-bond donors (Lipinski definition) is 2. The van der Waals surface area contributed by atoms with Crippen LogP contribution in [0.25, 0.3) is 10.9 Å². The predicted octanol–water partition coefficient (Wildman–Crippen LogP) is 3.46. The van der Waals surface area contributed by atoms with Gasteiger partial charge in [0, 0.05) is 16.6 Å². The van der Waals surface area contributed by atoms with Crippen LogP contribution in [0, 0.1) is 25.2 Å². The molecule has 0 aliphatic heterocycles. The van der Waals surface area contributed by atoms with Crippen molar-refractivity contribution in [3.05, 3.63) is 59.3 Å². The SMILES string of the molecule is Cc1ccc(S(=O)(=O)Nc2ccc3[nH]c(C#N)c(C)c3c2)cc1. The van der Waals surface area contributed by atoms with Gasteiger partial charge in [-0.2, -0.15) is 5.26 Å². The molecule has 0 atom stereocenters. The predicted molar refractivity (Wildman–Crippen MR) is 89.7 cm³/mol. The van der Waals surface area contributed by atoms with Crippen LogP contribution in [0.5, 0.6) is 0 Å². The summed E-state index contributed by atoms with van der Waals surface area (Å²) in [6.45, 7) is 3.73. The fourth-order valence-corrected chi connectivity index (χ4v) is 3.48. The second-order valence-electron chi connectivity index (χ2n) is 5.42. The van der Waals surface area contributed by atoms with E-state index in [4.69, 9.17) is 5.26 Å². The highest BCUT2D eigenvalue weighted by atomic mass is 32.2. The molecule has 3 rings (SSSR count). The number of hydrogen-bond acceptors (Lipinski definition) is 3. The molecular weight excluding hydrogens is 310 g/mol. The number of rotatable bonds is 3. The largest absolute Gasteiger partial charge is 0.346 e. The zero-order chi connectivity index (χ0) is 16.6. The fraction of sp³-hybridized carbons (Fsp3) is 0.118. The third-order valence-corrected chi connectivity index (χ3v) is 5.15. The lowest BCUT2D eigenvalue weighted by Crippen LogP contribution is -2.12. The zero-order valence-corrected chi connectivity index (χ0v) is 13.5. The summed E-state index contributed by atoms with van der Waals surface area (Å²) in [4.78, 5) is 3.22.